The van der Waals surface area contributed by atoms with E-state index in [1.807, 2.05) is 0 Å². The van der Waals surface area contributed by atoms with E-state index in [9.17, 15) is 0 Å². The lowest BCUT2D eigenvalue weighted by Gasteiger charge is -2.25. The molecule has 1 aromatic rings. The third kappa shape index (κ3) is 3.37. The van der Waals surface area contributed by atoms with Crippen molar-refractivity contribution in [1.82, 2.24) is 5.32 Å². The zero-order valence-electron chi connectivity index (χ0n) is 11.9. The summed E-state index contributed by atoms with van der Waals surface area (Å²) in [6.45, 7) is 0. The average Bonchev–Trinajstić information content (AvgIpc) is 2.89. The van der Waals surface area contributed by atoms with Crippen LogP contribution in [0, 0.1) is 5.92 Å². The minimum absolute atomic E-state index is 0.601. The molecule has 1 aliphatic heterocycles. The van der Waals surface area contributed by atoms with E-state index < -0.39 is 0 Å². The van der Waals surface area contributed by atoms with Crippen LogP contribution in [0.3, 0.4) is 0 Å². The van der Waals surface area contributed by atoms with Gasteiger partial charge in [-0.05, 0) is 43.2 Å². The van der Waals surface area contributed by atoms with Crippen LogP contribution in [0.4, 0.5) is 0 Å². The fraction of sp³-hybridized carbons (Fsp3) is 0.750. The van der Waals surface area contributed by atoms with Crippen molar-refractivity contribution in [3.63, 3.8) is 0 Å². The van der Waals surface area contributed by atoms with E-state index in [0.29, 0.717) is 6.04 Å². The van der Waals surface area contributed by atoms with E-state index in [1.54, 1.807) is 15.3 Å². The summed E-state index contributed by atoms with van der Waals surface area (Å²) in [6.07, 6.45) is 9.94. The van der Waals surface area contributed by atoms with Gasteiger partial charge in [0.25, 0.3) is 0 Å². The Kier molecular flexibility index (Phi) is 4.88. The molecule has 2 heterocycles. The molecule has 3 rings (SSSR count). The normalized spacial score (nSPS) is 22.2. The first kappa shape index (κ1) is 14.0. The van der Waals surface area contributed by atoms with Crippen molar-refractivity contribution in [2.75, 3.05) is 12.8 Å². The highest BCUT2D eigenvalue weighted by Crippen LogP contribution is 2.38. The molecule has 1 aliphatic carbocycles. The van der Waals surface area contributed by atoms with E-state index in [1.165, 1.54) is 56.5 Å². The van der Waals surface area contributed by atoms with Gasteiger partial charge in [-0.3, -0.25) is 0 Å². The fourth-order valence-electron chi connectivity index (χ4n) is 3.47. The van der Waals surface area contributed by atoms with Gasteiger partial charge in [0.15, 0.2) is 0 Å². The molecule has 1 N–H and O–H groups in total. The molecule has 0 amide bonds. The van der Waals surface area contributed by atoms with Crippen LogP contribution in [0.25, 0.3) is 0 Å². The highest BCUT2D eigenvalue weighted by Gasteiger charge is 2.22. The van der Waals surface area contributed by atoms with Crippen molar-refractivity contribution in [1.29, 1.82) is 0 Å². The van der Waals surface area contributed by atoms with Crippen LogP contribution in [0.5, 0.6) is 0 Å². The van der Waals surface area contributed by atoms with Gasteiger partial charge in [0.1, 0.15) is 0 Å². The first-order chi connectivity index (χ1) is 9.36. The maximum Gasteiger partial charge on any atom is 0.0415 e. The molecule has 1 unspecified atom stereocenters. The molecule has 1 atom stereocenters. The summed E-state index contributed by atoms with van der Waals surface area (Å²) in [7, 11) is 2.14. The number of thioether (sulfide) groups is 1. The third-order valence-electron chi connectivity index (χ3n) is 4.63. The van der Waals surface area contributed by atoms with Crippen LogP contribution >= 0.6 is 23.1 Å². The van der Waals surface area contributed by atoms with Crippen molar-refractivity contribution >= 4 is 23.1 Å². The van der Waals surface area contributed by atoms with Crippen LogP contribution in [0.2, 0.25) is 0 Å². The number of thiophene rings is 1. The molecule has 0 bridgehead atoms. The van der Waals surface area contributed by atoms with Gasteiger partial charge in [-0.1, -0.05) is 32.1 Å². The van der Waals surface area contributed by atoms with Crippen molar-refractivity contribution in [3.8, 4) is 0 Å². The molecule has 0 radical (unpaired) electrons. The average molecular weight is 296 g/mol. The summed E-state index contributed by atoms with van der Waals surface area (Å²) >= 11 is 4.17. The number of rotatable bonds is 4. The molecule has 0 aromatic carbocycles. The summed E-state index contributed by atoms with van der Waals surface area (Å²) in [5.41, 5.74) is 1.63. The van der Waals surface area contributed by atoms with Crippen LogP contribution in [-0.4, -0.2) is 12.8 Å². The predicted molar refractivity (Wildman–Crippen MR) is 87.2 cm³/mol. The maximum atomic E-state index is 3.58. The lowest BCUT2D eigenvalue weighted by Crippen LogP contribution is -2.20. The van der Waals surface area contributed by atoms with Gasteiger partial charge in [0.05, 0.1) is 0 Å². The summed E-state index contributed by atoms with van der Waals surface area (Å²) in [5.74, 6) is 3.52. The molecular weight excluding hydrogens is 270 g/mol. The van der Waals surface area contributed by atoms with Crippen LogP contribution in [0.15, 0.2) is 6.07 Å². The molecule has 0 spiro atoms. The number of aryl methyl sites for hydroxylation is 1. The third-order valence-corrected chi connectivity index (χ3v) is 6.99. The number of hydrogen-bond donors (Lipinski definition) is 1. The zero-order chi connectivity index (χ0) is 13.1. The fourth-order valence-corrected chi connectivity index (χ4v) is 5.97. The maximum absolute atomic E-state index is 3.58. The van der Waals surface area contributed by atoms with Gasteiger partial charge >= 0.3 is 0 Å². The number of nitrogens with one attached hydrogen (secondary N) is 1. The second-order valence-corrected chi connectivity index (χ2v) is 8.25. The zero-order valence-corrected chi connectivity index (χ0v) is 13.5. The molecule has 106 valence electrons. The summed E-state index contributed by atoms with van der Waals surface area (Å²) in [5, 5.41) is 3.58. The Balaban J connectivity index is 1.68. The summed E-state index contributed by atoms with van der Waals surface area (Å²) in [6, 6.07) is 3.10. The Morgan fingerprint density at radius 3 is 2.89 bits per heavy atom. The molecular formula is C16H25NS2. The highest BCUT2D eigenvalue weighted by atomic mass is 32.2. The SMILES string of the molecule is CNC(CC1CCCCC1)c1cc2c(s1)CCSC2. The molecule has 1 aromatic heterocycles. The second-order valence-electron chi connectivity index (χ2n) is 5.98. The van der Waals surface area contributed by atoms with Crippen LogP contribution in [-0.2, 0) is 12.2 Å². The van der Waals surface area contributed by atoms with Crippen molar-refractivity contribution < 1.29 is 0 Å². The monoisotopic (exact) mass is 295 g/mol. The Morgan fingerprint density at radius 1 is 1.32 bits per heavy atom. The summed E-state index contributed by atoms with van der Waals surface area (Å²) < 4.78 is 0. The van der Waals surface area contributed by atoms with E-state index in [-0.39, 0.29) is 0 Å². The van der Waals surface area contributed by atoms with Gasteiger partial charge in [-0.2, -0.15) is 11.8 Å². The molecule has 19 heavy (non-hydrogen) atoms. The van der Waals surface area contributed by atoms with Crippen molar-refractivity contribution in [2.24, 2.45) is 5.92 Å². The van der Waals surface area contributed by atoms with E-state index in [0.717, 1.165) is 5.92 Å². The highest BCUT2D eigenvalue weighted by molar-refractivity contribution is 7.98. The molecule has 1 fully saturated rings. The van der Waals surface area contributed by atoms with Crippen LogP contribution in [0.1, 0.15) is 59.9 Å². The Labute approximate surface area is 125 Å². The molecule has 2 aliphatic rings. The lowest BCUT2D eigenvalue weighted by molar-refractivity contribution is 0.307. The Morgan fingerprint density at radius 2 is 2.16 bits per heavy atom. The molecule has 0 saturated heterocycles. The van der Waals surface area contributed by atoms with Crippen molar-refractivity contribution in [2.45, 2.75) is 56.7 Å². The first-order valence-corrected chi connectivity index (χ1v) is 9.70. The topological polar surface area (TPSA) is 12.0 Å². The lowest BCUT2D eigenvalue weighted by atomic mass is 9.84. The minimum Gasteiger partial charge on any atom is -0.312 e. The van der Waals surface area contributed by atoms with Crippen molar-refractivity contribution in [3.05, 3.63) is 21.4 Å². The smallest absolute Gasteiger partial charge is 0.0415 e. The van der Waals surface area contributed by atoms with Gasteiger partial charge in [-0.25, -0.2) is 0 Å². The van der Waals surface area contributed by atoms with Gasteiger partial charge in [-0.15, -0.1) is 11.3 Å². The quantitative estimate of drug-likeness (QED) is 0.859. The molecule has 1 nitrogen and oxygen atoms in total. The molecule has 1 saturated carbocycles. The standard InChI is InChI=1S/C16H25NS2/c1-17-14(9-12-5-3-2-4-6-12)16-10-13-11-18-8-7-15(13)19-16/h10,12,14,17H,2-9,11H2,1H3. The predicted octanol–water partition coefficient (Wildman–Crippen LogP) is 4.77. The number of fused-ring (bicyclic) bond motifs is 1. The van der Waals surface area contributed by atoms with E-state index in [4.69, 9.17) is 0 Å². The van der Waals surface area contributed by atoms with E-state index in [2.05, 4.69) is 41.5 Å². The van der Waals surface area contributed by atoms with E-state index >= 15 is 0 Å². The van der Waals surface area contributed by atoms with Gasteiger partial charge in [0, 0.05) is 21.5 Å². The molecule has 3 heteroatoms. The second kappa shape index (κ2) is 6.64. The summed E-state index contributed by atoms with van der Waals surface area (Å²) in [4.78, 5) is 3.26. The minimum atomic E-state index is 0.601. The Bertz CT molecular complexity index is 383. The van der Waals surface area contributed by atoms with Gasteiger partial charge < -0.3 is 5.32 Å². The Hall–Kier alpha value is 0.01000. The van der Waals surface area contributed by atoms with Gasteiger partial charge in [0.2, 0.25) is 0 Å². The number of hydrogen-bond acceptors (Lipinski definition) is 3. The first-order valence-electron chi connectivity index (χ1n) is 7.73. The van der Waals surface area contributed by atoms with Crippen LogP contribution < -0.4 is 5.32 Å². The largest absolute Gasteiger partial charge is 0.312 e.